The van der Waals surface area contributed by atoms with Crippen molar-refractivity contribution < 1.29 is 14.7 Å². The molecule has 1 aromatic rings. The summed E-state index contributed by atoms with van der Waals surface area (Å²) in [6, 6.07) is 5.77. The standard InChI is InChI=1S/C14H19NO3S/c1-9-4-5-10(2)12(6-9)19-8-13(16)15-11(3)7-14(17)18/h4-6,11H,7-8H2,1-3H3,(H,15,16)(H,17,18). The monoisotopic (exact) mass is 281 g/mol. The molecule has 1 rings (SSSR count). The fourth-order valence-electron chi connectivity index (χ4n) is 1.64. The summed E-state index contributed by atoms with van der Waals surface area (Å²) in [7, 11) is 0. The number of carboxylic acid groups (broad SMARTS) is 1. The molecular formula is C14H19NO3S. The van der Waals surface area contributed by atoms with E-state index in [1.165, 1.54) is 11.8 Å². The van der Waals surface area contributed by atoms with Crippen LogP contribution < -0.4 is 5.32 Å². The number of amides is 1. The molecule has 0 aliphatic heterocycles. The summed E-state index contributed by atoms with van der Waals surface area (Å²) in [5.41, 5.74) is 2.30. The number of hydrogen-bond donors (Lipinski definition) is 2. The molecule has 0 aliphatic carbocycles. The molecule has 5 heteroatoms. The molecule has 0 bridgehead atoms. The van der Waals surface area contributed by atoms with E-state index in [1.807, 2.05) is 32.0 Å². The average molecular weight is 281 g/mol. The number of rotatable bonds is 6. The Kier molecular flexibility index (Phi) is 5.89. The van der Waals surface area contributed by atoms with Crippen molar-refractivity contribution in [3.8, 4) is 0 Å². The van der Waals surface area contributed by atoms with Crippen molar-refractivity contribution >= 4 is 23.6 Å². The van der Waals surface area contributed by atoms with Crippen LogP contribution in [-0.2, 0) is 9.59 Å². The molecule has 0 aromatic heterocycles. The topological polar surface area (TPSA) is 66.4 Å². The third-order valence-electron chi connectivity index (χ3n) is 2.59. The molecule has 1 atom stereocenters. The number of carbonyl (C=O) groups excluding carboxylic acids is 1. The van der Waals surface area contributed by atoms with Gasteiger partial charge in [-0.1, -0.05) is 17.7 Å². The van der Waals surface area contributed by atoms with E-state index < -0.39 is 5.97 Å². The molecule has 19 heavy (non-hydrogen) atoms. The molecule has 0 radical (unpaired) electrons. The SMILES string of the molecule is Cc1ccc(C)c(SCC(=O)NC(C)CC(=O)O)c1. The Morgan fingerprint density at radius 2 is 2.05 bits per heavy atom. The number of thioether (sulfide) groups is 1. The van der Waals surface area contributed by atoms with Crippen LogP contribution in [0.25, 0.3) is 0 Å². The first-order chi connectivity index (χ1) is 8.88. The Morgan fingerprint density at radius 3 is 2.68 bits per heavy atom. The number of aryl methyl sites for hydroxylation is 2. The molecule has 1 aromatic carbocycles. The van der Waals surface area contributed by atoms with Gasteiger partial charge in [-0.25, -0.2) is 0 Å². The van der Waals surface area contributed by atoms with E-state index in [0.29, 0.717) is 5.75 Å². The van der Waals surface area contributed by atoms with Crippen molar-refractivity contribution in [2.75, 3.05) is 5.75 Å². The number of carboxylic acids is 1. The second-order valence-corrected chi connectivity index (χ2v) is 5.64. The van der Waals surface area contributed by atoms with Crippen LogP contribution in [0.15, 0.2) is 23.1 Å². The van der Waals surface area contributed by atoms with E-state index >= 15 is 0 Å². The molecular weight excluding hydrogens is 262 g/mol. The molecule has 0 saturated heterocycles. The van der Waals surface area contributed by atoms with Gasteiger partial charge in [0.15, 0.2) is 0 Å². The summed E-state index contributed by atoms with van der Waals surface area (Å²) in [5.74, 6) is -0.747. The third kappa shape index (κ3) is 5.79. The Bertz CT molecular complexity index is 474. The number of nitrogens with one attached hydrogen (secondary N) is 1. The summed E-state index contributed by atoms with van der Waals surface area (Å²) in [6.45, 7) is 5.71. The molecule has 0 saturated carbocycles. The highest BCUT2D eigenvalue weighted by atomic mass is 32.2. The van der Waals surface area contributed by atoms with Crippen LogP contribution in [0.3, 0.4) is 0 Å². The third-order valence-corrected chi connectivity index (χ3v) is 3.75. The van der Waals surface area contributed by atoms with Crippen molar-refractivity contribution in [2.45, 2.75) is 38.1 Å². The lowest BCUT2D eigenvalue weighted by Crippen LogP contribution is -2.35. The van der Waals surface area contributed by atoms with Gasteiger partial charge in [-0.3, -0.25) is 9.59 Å². The van der Waals surface area contributed by atoms with Crippen molar-refractivity contribution in [1.82, 2.24) is 5.32 Å². The minimum Gasteiger partial charge on any atom is -0.481 e. The smallest absolute Gasteiger partial charge is 0.305 e. The van der Waals surface area contributed by atoms with Gasteiger partial charge in [0.2, 0.25) is 5.91 Å². The molecule has 0 heterocycles. The number of benzene rings is 1. The molecule has 104 valence electrons. The zero-order valence-electron chi connectivity index (χ0n) is 11.4. The van der Waals surface area contributed by atoms with Gasteiger partial charge < -0.3 is 10.4 Å². The highest BCUT2D eigenvalue weighted by Crippen LogP contribution is 2.23. The minimum absolute atomic E-state index is 0.0557. The van der Waals surface area contributed by atoms with E-state index in [2.05, 4.69) is 5.32 Å². The fourth-order valence-corrected chi connectivity index (χ4v) is 2.57. The largest absolute Gasteiger partial charge is 0.481 e. The van der Waals surface area contributed by atoms with Gasteiger partial charge in [-0.15, -0.1) is 11.8 Å². The maximum absolute atomic E-state index is 11.7. The maximum Gasteiger partial charge on any atom is 0.305 e. The first kappa shape index (κ1) is 15.6. The van der Waals surface area contributed by atoms with Gasteiger partial charge >= 0.3 is 5.97 Å². The van der Waals surface area contributed by atoms with Crippen LogP contribution >= 0.6 is 11.8 Å². The lowest BCUT2D eigenvalue weighted by molar-refractivity contribution is -0.137. The van der Waals surface area contributed by atoms with Gasteiger partial charge in [0.1, 0.15) is 0 Å². The normalized spacial score (nSPS) is 11.9. The zero-order valence-corrected chi connectivity index (χ0v) is 12.2. The predicted molar refractivity (Wildman–Crippen MR) is 76.5 cm³/mol. The predicted octanol–water partition coefficient (Wildman–Crippen LogP) is 2.37. The molecule has 1 amide bonds. The Morgan fingerprint density at radius 1 is 1.37 bits per heavy atom. The fraction of sp³-hybridized carbons (Fsp3) is 0.429. The van der Waals surface area contributed by atoms with E-state index in [4.69, 9.17) is 5.11 Å². The summed E-state index contributed by atoms with van der Waals surface area (Å²) in [6.07, 6.45) is -0.0557. The Balaban J connectivity index is 2.46. The number of hydrogen-bond acceptors (Lipinski definition) is 3. The van der Waals surface area contributed by atoms with Gasteiger partial charge in [0.25, 0.3) is 0 Å². The molecule has 2 N–H and O–H groups in total. The van der Waals surface area contributed by atoms with E-state index in [0.717, 1.165) is 16.0 Å². The van der Waals surface area contributed by atoms with Crippen LogP contribution in [0.5, 0.6) is 0 Å². The van der Waals surface area contributed by atoms with Crippen molar-refractivity contribution in [1.29, 1.82) is 0 Å². The van der Waals surface area contributed by atoms with Crippen molar-refractivity contribution in [2.24, 2.45) is 0 Å². The highest BCUT2D eigenvalue weighted by molar-refractivity contribution is 8.00. The minimum atomic E-state index is -0.907. The number of carbonyl (C=O) groups is 2. The first-order valence-electron chi connectivity index (χ1n) is 6.09. The van der Waals surface area contributed by atoms with Crippen LogP contribution in [0.2, 0.25) is 0 Å². The van der Waals surface area contributed by atoms with E-state index in [-0.39, 0.29) is 18.4 Å². The molecule has 0 aliphatic rings. The lowest BCUT2D eigenvalue weighted by Gasteiger charge is -2.12. The maximum atomic E-state index is 11.7. The Hall–Kier alpha value is -1.49. The van der Waals surface area contributed by atoms with Gasteiger partial charge in [0.05, 0.1) is 12.2 Å². The van der Waals surface area contributed by atoms with Gasteiger partial charge in [-0.2, -0.15) is 0 Å². The van der Waals surface area contributed by atoms with Gasteiger partial charge in [0, 0.05) is 10.9 Å². The summed E-state index contributed by atoms with van der Waals surface area (Å²) in [5, 5.41) is 11.3. The quantitative estimate of drug-likeness (QED) is 0.786. The summed E-state index contributed by atoms with van der Waals surface area (Å²) < 4.78 is 0. The molecule has 1 unspecified atom stereocenters. The van der Waals surface area contributed by atoms with Crippen LogP contribution in [0.4, 0.5) is 0 Å². The Labute approximate surface area is 117 Å². The summed E-state index contributed by atoms with van der Waals surface area (Å²) >= 11 is 1.47. The van der Waals surface area contributed by atoms with Crippen molar-refractivity contribution in [3.05, 3.63) is 29.3 Å². The summed E-state index contributed by atoms with van der Waals surface area (Å²) in [4.78, 5) is 23.3. The lowest BCUT2D eigenvalue weighted by atomic mass is 10.2. The van der Waals surface area contributed by atoms with Crippen molar-refractivity contribution in [3.63, 3.8) is 0 Å². The molecule has 0 fully saturated rings. The first-order valence-corrected chi connectivity index (χ1v) is 7.08. The average Bonchev–Trinajstić information content (AvgIpc) is 2.29. The van der Waals surface area contributed by atoms with E-state index in [1.54, 1.807) is 6.92 Å². The van der Waals surface area contributed by atoms with Gasteiger partial charge in [-0.05, 0) is 32.4 Å². The van der Waals surface area contributed by atoms with Crippen LogP contribution in [-0.4, -0.2) is 28.8 Å². The van der Waals surface area contributed by atoms with E-state index in [9.17, 15) is 9.59 Å². The number of aliphatic carboxylic acids is 1. The zero-order chi connectivity index (χ0) is 14.4. The molecule has 0 spiro atoms. The second kappa shape index (κ2) is 7.19. The molecule has 4 nitrogen and oxygen atoms in total. The van der Waals surface area contributed by atoms with Crippen LogP contribution in [0.1, 0.15) is 24.5 Å². The second-order valence-electron chi connectivity index (χ2n) is 4.62. The highest BCUT2D eigenvalue weighted by Gasteiger charge is 2.11. The van der Waals surface area contributed by atoms with Crippen LogP contribution in [0, 0.1) is 13.8 Å².